The molecule has 2 heterocycles. The van der Waals surface area contributed by atoms with Gasteiger partial charge in [0.15, 0.2) is 21.0 Å². The van der Waals surface area contributed by atoms with Crippen molar-refractivity contribution >= 4 is 42.0 Å². The molecule has 226 valence electrons. The van der Waals surface area contributed by atoms with Crippen molar-refractivity contribution in [2.24, 2.45) is 28.2 Å². The zero-order valence-electron chi connectivity index (χ0n) is 23.6. The van der Waals surface area contributed by atoms with E-state index >= 15 is 0 Å². The molecule has 2 aromatic heterocycles. The fourth-order valence-corrected chi connectivity index (χ4v) is 5.31. The molecule has 43 heavy (non-hydrogen) atoms. The maximum atomic E-state index is 13.6. The summed E-state index contributed by atoms with van der Waals surface area (Å²) >= 11 is 17.2. The predicted octanol–water partition coefficient (Wildman–Crippen LogP) is 3.75. The van der Waals surface area contributed by atoms with Crippen molar-refractivity contribution in [3.8, 4) is 23.3 Å². The molecule has 15 heteroatoms. The van der Waals surface area contributed by atoms with Crippen molar-refractivity contribution in [1.82, 2.24) is 18.3 Å². The highest BCUT2D eigenvalue weighted by molar-refractivity contribution is 7.71. The summed E-state index contributed by atoms with van der Waals surface area (Å²) in [5.74, 6) is -3.33. The van der Waals surface area contributed by atoms with E-state index in [-0.39, 0.29) is 54.9 Å². The number of aromatic nitrogens is 4. The zero-order valence-corrected chi connectivity index (χ0v) is 26.0. The molecule has 0 atom stereocenters. The van der Waals surface area contributed by atoms with E-state index in [0.29, 0.717) is 5.56 Å². The number of halogens is 1. The Balaban J connectivity index is 1.99. The van der Waals surface area contributed by atoms with E-state index in [1.165, 1.54) is 68.7 Å². The Morgan fingerprint density at radius 2 is 1.44 bits per heavy atom. The highest BCUT2D eigenvalue weighted by Gasteiger charge is 2.33. The predicted molar refractivity (Wildman–Crippen MR) is 163 cm³/mol. The van der Waals surface area contributed by atoms with Crippen LogP contribution in [0.2, 0.25) is 5.02 Å². The topological polar surface area (TPSA) is 150 Å². The van der Waals surface area contributed by atoms with Gasteiger partial charge in [0.25, 0.3) is 11.1 Å². The summed E-state index contributed by atoms with van der Waals surface area (Å²) in [6.07, 6.45) is 0. The lowest BCUT2D eigenvalue weighted by Crippen LogP contribution is -2.33. The average molecular weight is 647 g/mol. The number of rotatable bonds is 8. The third-order valence-corrected chi connectivity index (χ3v) is 8.43. The highest BCUT2D eigenvalue weighted by Crippen LogP contribution is 2.43. The van der Waals surface area contributed by atoms with E-state index in [4.69, 9.17) is 45.5 Å². The van der Waals surface area contributed by atoms with Crippen molar-refractivity contribution in [1.29, 1.82) is 0 Å². The van der Waals surface area contributed by atoms with Crippen molar-refractivity contribution in [2.45, 2.75) is 12.5 Å². The first-order valence-corrected chi connectivity index (χ1v) is 13.7. The number of aromatic carboxylic acids is 1. The molecule has 0 spiro atoms. The molecule has 3 N–H and O–H groups in total. The maximum Gasteiger partial charge on any atom is 0.335 e. The van der Waals surface area contributed by atoms with Crippen LogP contribution in [0.3, 0.4) is 0 Å². The first-order chi connectivity index (χ1) is 20.2. The number of hydrogen-bond acceptors (Lipinski definition) is 9. The molecule has 0 aliphatic heterocycles. The molecule has 0 amide bonds. The lowest BCUT2D eigenvalue weighted by atomic mass is 9.86. The molecule has 0 aliphatic rings. The quantitative estimate of drug-likeness (QED) is 0.242. The van der Waals surface area contributed by atoms with Crippen molar-refractivity contribution in [3.63, 3.8) is 0 Å². The van der Waals surface area contributed by atoms with E-state index in [1.54, 1.807) is 12.1 Å². The summed E-state index contributed by atoms with van der Waals surface area (Å²) in [5.41, 5.74) is -1.14. The minimum atomic E-state index is -1.38. The lowest BCUT2D eigenvalue weighted by molar-refractivity contribution is 0.0696. The number of carboxylic acid groups (broad SMARTS) is 1. The van der Waals surface area contributed by atoms with Gasteiger partial charge in [-0.25, -0.2) is 4.79 Å². The summed E-state index contributed by atoms with van der Waals surface area (Å²) < 4.78 is 16.1. The van der Waals surface area contributed by atoms with Crippen molar-refractivity contribution in [2.75, 3.05) is 7.11 Å². The fourth-order valence-electron chi connectivity index (χ4n) is 4.70. The molecule has 0 unspecified atom stereocenters. The number of ether oxygens (including phenoxy) is 2. The first kappa shape index (κ1) is 31.5. The molecule has 0 saturated heterocycles. The molecule has 0 fully saturated rings. The Morgan fingerprint density at radius 3 is 1.93 bits per heavy atom. The maximum absolute atomic E-state index is 13.6. The number of nitrogens with zero attached hydrogens (tertiary/aromatic N) is 4. The van der Waals surface area contributed by atoms with Crippen LogP contribution in [0.5, 0.6) is 23.3 Å². The van der Waals surface area contributed by atoms with E-state index in [2.05, 4.69) is 0 Å². The van der Waals surface area contributed by atoms with Crippen LogP contribution in [-0.2, 0) is 34.8 Å². The summed E-state index contributed by atoms with van der Waals surface area (Å²) in [7, 11) is 7.09. The van der Waals surface area contributed by atoms with Crippen LogP contribution in [0.25, 0.3) is 0 Å². The molecular formula is C28H27ClN4O8S2. The van der Waals surface area contributed by atoms with Gasteiger partial charge in [-0.15, -0.1) is 0 Å². The van der Waals surface area contributed by atoms with Crippen LogP contribution in [0.4, 0.5) is 0 Å². The van der Waals surface area contributed by atoms with E-state index in [9.17, 15) is 29.7 Å². The van der Waals surface area contributed by atoms with Gasteiger partial charge in [0, 0.05) is 28.2 Å². The minimum absolute atomic E-state index is 0.00916. The van der Waals surface area contributed by atoms with Crippen LogP contribution < -0.4 is 20.6 Å². The SMILES string of the molecule is COc1cc(C(c2c(O)n(C)c(=S)n(C)c2=O)c2c(O)n(C)c(=S)n(C)c2=O)cc(Cl)c1OCc1cccc(C(=O)O)c1. The largest absolute Gasteiger partial charge is 0.494 e. The zero-order chi connectivity index (χ0) is 31.9. The standard InChI is InChI=1S/C28H27ClN4O8S2/c1-30-22(34)19(23(35)31(2)27(30)42)18(20-24(36)32(3)28(43)33(4)25(20)37)15-10-16(29)21(17(11-15)40-5)41-12-13-7-6-8-14(9-13)26(38)39/h6-11,18,34,36H,12H2,1-5H3,(H,38,39). The third kappa shape index (κ3) is 5.56. The number of carboxylic acids is 1. The normalized spacial score (nSPS) is 11.1. The smallest absolute Gasteiger partial charge is 0.335 e. The molecule has 0 bridgehead atoms. The number of benzene rings is 2. The van der Waals surface area contributed by atoms with Gasteiger partial charge in [-0.05, 0) is 59.8 Å². The molecule has 0 aliphatic carbocycles. The molecule has 0 radical (unpaired) electrons. The van der Waals surface area contributed by atoms with Crippen molar-refractivity contribution in [3.05, 3.63) is 99.5 Å². The van der Waals surface area contributed by atoms with Crippen LogP contribution in [0.1, 0.15) is 38.5 Å². The van der Waals surface area contributed by atoms with Gasteiger partial charge < -0.3 is 24.8 Å². The Labute approximate surface area is 259 Å². The minimum Gasteiger partial charge on any atom is -0.494 e. The van der Waals surface area contributed by atoms with Gasteiger partial charge in [0.1, 0.15) is 6.61 Å². The third-order valence-electron chi connectivity index (χ3n) is 7.05. The van der Waals surface area contributed by atoms with Gasteiger partial charge in [-0.1, -0.05) is 23.7 Å². The molecule has 2 aromatic carbocycles. The van der Waals surface area contributed by atoms with E-state index in [1.807, 2.05) is 0 Å². The van der Waals surface area contributed by atoms with Gasteiger partial charge >= 0.3 is 5.97 Å². The Morgan fingerprint density at radius 1 is 0.907 bits per heavy atom. The van der Waals surface area contributed by atoms with E-state index in [0.717, 1.165) is 9.13 Å². The monoisotopic (exact) mass is 646 g/mol. The number of carbonyl (C=O) groups is 1. The van der Waals surface area contributed by atoms with Gasteiger partial charge in [-0.2, -0.15) is 0 Å². The Kier molecular flexibility index (Phi) is 8.85. The van der Waals surface area contributed by atoms with Gasteiger partial charge in [0.05, 0.1) is 34.7 Å². The second kappa shape index (κ2) is 12.1. The molecule has 4 rings (SSSR count). The first-order valence-electron chi connectivity index (χ1n) is 12.5. The molecule has 4 aromatic rings. The highest BCUT2D eigenvalue weighted by atomic mass is 35.5. The van der Waals surface area contributed by atoms with Crippen molar-refractivity contribution < 1.29 is 29.6 Å². The lowest BCUT2D eigenvalue weighted by Gasteiger charge is -2.24. The van der Waals surface area contributed by atoms with Crippen LogP contribution in [0, 0.1) is 9.54 Å². The van der Waals surface area contributed by atoms with Crippen LogP contribution in [-0.4, -0.2) is 46.7 Å². The number of hydrogen-bond donors (Lipinski definition) is 3. The Bertz CT molecular complexity index is 1940. The molecule has 12 nitrogen and oxygen atoms in total. The second-order valence-electron chi connectivity index (χ2n) is 9.65. The number of methoxy groups -OCH3 is 1. The number of aromatic hydroxyl groups is 2. The average Bonchev–Trinajstić information content (AvgIpc) is 2.99. The van der Waals surface area contributed by atoms with Gasteiger partial charge in [0.2, 0.25) is 11.8 Å². The molecule has 0 saturated carbocycles. The summed E-state index contributed by atoms with van der Waals surface area (Å²) in [4.78, 5) is 38.6. The second-order valence-corrected chi connectivity index (χ2v) is 10.8. The van der Waals surface area contributed by atoms with Crippen LogP contribution >= 0.6 is 36.0 Å². The Hall–Kier alpha value is -4.40. The fraction of sp³-hybridized carbons (Fsp3) is 0.250. The van der Waals surface area contributed by atoms with Crippen LogP contribution in [0.15, 0.2) is 46.0 Å². The summed E-state index contributed by atoms with van der Waals surface area (Å²) in [6, 6.07) is 9.04. The molecular weight excluding hydrogens is 620 g/mol. The van der Waals surface area contributed by atoms with Gasteiger partial charge in [-0.3, -0.25) is 27.9 Å². The van der Waals surface area contributed by atoms with E-state index < -0.39 is 34.8 Å². The summed E-state index contributed by atoms with van der Waals surface area (Å²) in [6.45, 7) is -0.0606. The summed E-state index contributed by atoms with van der Waals surface area (Å²) in [5, 5.41) is 31.7.